The van der Waals surface area contributed by atoms with Crippen LogP contribution in [0.5, 0.6) is 5.75 Å². The van der Waals surface area contributed by atoms with Gasteiger partial charge in [0, 0.05) is 11.8 Å². The number of halogens is 1. The summed E-state index contributed by atoms with van der Waals surface area (Å²) in [6, 6.07) is 8.61. The molecule has 0 spiro atoms. The number of likely N-dealkylation sites (N-methyl/N-ethyl adjacent to an activating group) is 1. The molecule has 2 N–H and O–H groups in total. The number of anilines is 2. The average molecular weight is 404 g/mol. The highest BCUT2D eigenvalue weighted by Gasteiger charge is 2.22. The molecule has 0 aromatic heterocycles. The summed E-state index contributed by atoms with van der Waals surface area (Å²) in [7, 11) is 2.92. The molecule has 0 fully saturated rings. The van der Waals surface area contributed by atoms with Gasteiger partial charge in [0.25, 0.3) is 5.69 Å². The number of nitrogens with zero attached hydrogens (tertiary/aromatic N) is 2. The van der Waals surface area contributed by atoms with Crippen LogP contribution in [0.3, 0.4) is 0 Å². The van der Waals surface area contributed by atoms with Crippen LogP contribution in [0.25, 0.3) is 0 Å². The van der Waals surface area contributed by atoms with E-state index in [-0.39, 0.29) is 23.7 Å². The molecule has 2 aromatic rings. The van der Waals surface area contributed by atoms with Crippen LogP contribution >= 0.6 is 0 Å². The van der Waals surface area contributed by atoms with Crippen LogP contribution in [0.15, 0.2) is 42.5 Å². The molecule has 0 saturated carbocycles. The maximum Gasteiger partial charge on any atom is 0.273 e. The lowest BCUT2D eigenvalue weighted by Gasteiger charge is -2.23. The maximum atomic E-state index is 13.2. The Labute approximate surface area is 166 Å². The smallest absolute Gasteiger partial charge is 0.273 e. The quantitative estimate of drug-likeness (QED) is 0.516. The summed E-state index contributed by atoms with van der Waals surface area (Å²) in [5, 5.41) is 16.0. The number of nitrogens with one attached hydrogen (secondary N) is 2. The van der Waals surface area contributed by atoms with Gasteiger partial charge < -0.3 is 15.4 Å². The van der Waals surface area contributed by atoms with Crippen molar-refractivity contribution in [1.29, 1.82) is 0 Å². The number of carbonyl (C=O) groups excluding carboxylic acids is 2. The zero-order valence-corrected chi connectivity index (χ0v) is 16.1. The van der Waals surface area contributed by atoms with Gasteiger partial charge in [0.05, 0.1) is 36.4 Å². The summed E-state index contributed by atoms with van der Waals surface area (Å²) < 4.78 is 18.3. The van der Waals surface area contributed by atoms with Gasteiger partial charge in [-0.3, -0.25) is 24.6 Å². The number of non-ortho nitro benzene ring substituents is 1. The molecular formula is C19H21FN4O5. The van der Waals surface area contributed by atoms with Gasteiger partial charge >= 0.3 is 0 Å². The molecule has 2 aromatic carbocycles. The first-order valence-corrected chi connectivity index (χ1v) is 8.60. The van der Waals surface area contributed by atoms with Gasteiger partial charge in [-0.2, -0.15) is 0 Å². The van der Waals surface area contributed by atoms with E-state index in [2.05, 4.69) is 10.6 Å². The highest BCUT2D eigenvalue weighted by Crippen LogP contribution is 2.29. The molecule has 0 unspecified atom stereocenters. The van der Waals surface area contributed by atoms with Crippen molar-refractivity contribution in [1.82, 2.24) is 4.90 Å². The van der Waals surface area contributed by atoms with Crippen molar-refractivity contribution < 1.29 is 23.6 Å². The van der Waals surface area contributed by atoms with E-state index in [1.807, 2.05) is 0 Å². The third kappa shape index (κ3) is 5.98. The molecule has 0 aliphatic rings. The maximum absolute atomic E-state index is 13.2. The predicted molar refractivity (Wildman–Crippen MR) is 105 cm³/mol. The molecule has 0 aliphatic heterocycles. The summed E-state index contributed by atoms with van der Waals surface area (Å²) in [5.41, 5.74) is 0.419. The average Bonchev–Trinajstić information content (AvgIpc) is 2.67. The van der Waals surface area contributed by atoms with Crippen molar-refractivity contribution in [2.75, 3.05) is 31.3 Å². The minimum atomic E-state index is -0.701. The van der Waals surface area contributed by atoms with Crippen molar-refractivity contribution >= 4 is 28.9 Å². The van der Waals surface area contributed by atoms with Crippen molar-refractivity contribution in [3.63, 3.8) is 0 Å². The third-order valence-corrected chi connectivity index (χ3v) is 4.20. The van der Waals surface area contributed by atoms with Crippen molar-refractivity contribution in [3.05, 3.63) is 58.4 Å². The molecule has 0 bridgehead atoms. The van der Waals surface area contributed by atoms with E-state index in [1.54, 1.807) is 20.0 Å². The first-order chi connectivity index (χ1) is 13.7. The number of carbonyl (C=O) groups is 2. The van der Waals surface area contributed by atoms with Crippen LogP contribution in [0.2, 0.25) is 0 Å². The lowest BCUT2D eigenvalue weighted by Crippen LogP contribution is -2.43. The van der Waals surface area contributed by atoms with Gasteiger partial charge in [-0.25, -0.2) is 4.39 Å². The second-order valence-corrected chi connectivity index (χ2v) is 6.28. The number of nitro groups is 1. The van der Waals surface area contributed by atoms with Crippen LogP contribution in [0.1, 0.15) is 6.92 Å². The Bertz CT molecular complexity index is 921. The van der Waals surface area contributed by atoms with Crippen molar-refractivity contribution in [3.8, 4) is 5.75 Å². The molecule has 0 saturated heterocycles. The van der Waals surface area contributed by atoms with E-state index in [4.69, 9.17) is 4.74 Å². The minimum Gasteiger partial charge on any atom is -0.494 e. The molecule has 154 valence electrons. The van der Waals surface area contributed by atoms with Crippen LogP contribution in [-0.4, -0.2) is 48.4 Å². The lowest BCUT2D eigenvalue weighted by molar-refractivity contribution is -0.384. The van der Waals surface area contributed by atoms with Crippen LogP contribution in [0, 0.1) is 15.9 Å². The Morgan fingerprint density at radius 3 is 2.59 bits per heavy atom. The monoisotopic (exact) mass is 404 g/mol. The first-order valence-electron chi connectivity index (χ1n) is 8.60. The normalized spacial score (nSPS) is 11.6. The van der Waals surface area contributed by atoms with E-state index in [9.17, 15) is 24.1 Å². The molecule has 0 radical (unpaired) electrons. The second-order valence-electron chi connectivity index (χ2n) is 6.28. The number of ether oxygens (including phenoxy) is 1. The number of methoxy groups -OCH3 is 1. The van der Waals surface area contributed by atoms with E-state index >= 15 is 0 Å². The van der Waals surface area contributed by atoms with E-state index in [0.29, 0.717) is 5.69 Å². The Kier molecular flexibility index (Phi) is 7.21. The standard InChI is InChI=1S/C19H21FN4O5/c1-12(23(2)11-18(25)21-14-6-4-5-13(20)9-14)19(26)22-16-8-7-15(24(27)28)10-17(16)29-3/h4-10,12H,11H2,1-3H3,(H,21,25)(H,22,26)/t12-/m1/s1. The largest absolute Gasteiger partial charge is 0.494 e. The van der Waals surface area contributed by atoms with Crippen LogP contribution < -0.4 is 15.4 Å². The minimum absolute atomic E-state index is 0.109. The number of rotatable bonds is 8. The molecule has 2 rings (SSSR count). The first kappa shape index (κ1) is 21.8. The van der Waals surface area contributed by atoms with Crippen molar-refractivity contribution in [2.45, 2.75) is 13.0 Å². The topological polar surface area (TPSA) is 114 Å². The Balaban J connectivity index is 1.98. The molecule has 10 heteroatoms. The molecule has 2 amide bonds. The predicted octanol–water partition coefficient (Wildman–Crippen LogP) is 2.64. The molecule has 0 heterocycles. The number of benzene rings is 2. The highest BCUT2D eigenvalue weighted by molar-refractivity contribution is 5.97. The molecular weight excluding hydrogens is 383 g/mol. The highest BCUT2D eigenvalue weighted by atomic mass is 19.1. The summed E-state index contributed by atoms with van der Waals surface area (Å²) in [6.45, 7) is 1.49. The van der Waals surface area contributed by atoms with Crippen LogP contribution in [0.4, 0.5) is 21.5 Å². The molecule has 29 heavy (non-hydrogen) atoms. The Morgan fingerprint density at radius 1 is 1.24 bits per heavy atom. The van der Waals surface area contributed by atoms with Gasteiger partial charge in [0.1, 0.15) is 11.6 Å². The zero-order valence-electron chi connectivity index (χ0n) is 16.1. The fraction of sp³-hybridized carbons (Fsp3) is 0.263. The summed E-state index contributed by atoms with van der Waals surface area (Å²) in [6.07, 6.45) is 0. The Morgan fingerprint density at radius 2 is 1.97 bits per heavy atom. The van der Waals surface area contributed by atoms with Gasteiger partial charge in [0.2, 0.25) is 11.8 Å². The third-order valence-electron chi connectivity index (χ3n) is 4.20. The van der Waals surface area contributed by atoms with Gasteiger partial charge in [-0.1, -0.05) is 6.07 Å². The van der Waals surface area contributed by atoms with E-state index in [0.717, 1.165) is 0 Å². The summed E-state index contributed by atoms with van der Waals surface area (Å²) in [5.74, 6) is -1.17. The lowest BCUT2D eigenvalue weighted by atomic mass is 10.2. The number of nitro benzene ring substituents is 1. The van der Waals surface area contributed by atoms with Crippen molar-refractivity contribution in [2.24, 2.45) is 0 Å². The van der Waals surface area contributed by atoms with E-state index < -0.39 is 28.6 Å². The number of amides is 2. The number of hydrogen-bond acceptors (Lipinski definition) is 6. The van der Waals surface area contributed by atoms with Crippen LogP contribution in [-0.2, 0) is 9.59 Å². The Hall–Kier alpha value is -3.53. The summed E-state index contributed by atoms with van der Waals surface area (Å²) >= 11 is 0. The van der Waals surface area contributed by atoms with E-state index in [1.165, 1.54) is 48.4 Å². The number of hydrogen-bond donors (Lipinski definition) is 2. The fourth-order valence-electron chi connectivity index (χ4n) is 2.46. The fourth-order valence-corrected chi connectivity index (χ4v) is 2.46. The molecule has 0 aliphatic carbocycles. The van der Waals surface area contributed by atoms with Gasteiger partial charge in [-0.05, 0) is 38.2 Å². The molecule has 1 atom stereocenters. The SMILES string of the molecule is COc1cc([N+](=O)[O-])ccc1NC(=O)[C@@H](C)N(C)CC(=O)Nc1cccc(F)c1. The summed E-state index contributed by atoms with van der Waals surface area (Å²) in [4.78, 5) is 36.4. The molecule has 9 nitrogen and oxygen atoms in total. The van der Waals surface area contributed by atoms with Gasteiger partial charge in [0.15, 0.2) is 0 Å². The zero-order chi connectivity index (χ0) is 21.6. The van der Waals surface area contributed by atoms with Gasteiger partial charge in [-0.15, -0.1) is 0 Å². The second kappa shape index (κ2) is 9.60.